The summed E-state index contributed by atoms with van der Waals surface area (Å²) in [5.41, 5.74) is 1.52. The number of benzene rings is 1. The van der Waals surface area contributed by atoms with E-state index in [0.717, 1.165) is 37.3 Å². The van der Waals surface area contributed by atoms with Crippen LogP contribution in [0.15, 0.2) is 36.7 Å². The Labute approximate surface area is 138 Å². The van der Waals surface area contributed by atoms with Crippen LogP contribution in [-0.4, -0.2) is 29.5 Å². The van der Waals surface area contributed by atoms with Gasteiger partial charge in [-0.3, -0.25) is 9.88 Å². The van der Waals surface area contributed by atoms with Gasteiger partial charge in [-0.25, -0.2) is 13.2 Å². The summed E-state index contributed by atoms with van der Waals surface area (Å²) in [7, 11) is 0. The molecule has 2 aromatic rings. The molecule has 1 aromatic heterocycles. The number of nitrogens with one attached hydrogen (secondary N) is 1. The highest BCUT2D eigenvalue weighted by atomic mass is 35.5. The van der Waals surface area contributed by atoms with Gasteiger partial charge in [0.25, 0.3) is 0 Å². The molecule has 2 heterocycles. The third-order valence-corrected chi connectivity index (χ3v) is 3.87. The Kier molecular flexibility index (Phi) is 5.98. The fourth-order valence-electron chi connectivity index (χ4n) is 2.78. The van der Waals surface area contributed by atoms with Crippen LogP contribution in [0, 0.1) is 17.5 Å². The van der Waals surface area contributed by atoms with Crippen LogP contribution in [0.25, 0.3) is 0 Å². The molecule has 124 valence electrons. The fraction of sp³-hybridized carbons (Fsp3) is 0.312. The van der Waals surface area contributed by atoms with Crippen molar-refractivity contribution in [1.29, 1.82) is 0 Å². The highest BCUT2D eigenvalue weighted by molar-refractivity contribution is 5.85. The molecule has 1 unspecified atom stereocenters. The summed E-state index contributed by atoms with van der Waals surface area (Å²) in [6.45, 7) is 2.65. The second-order valence-corrected chi connectivity index (χ2v) is 5.34. The van der Waals surface area contributed by atoms with Gasteiger partial charge in [-0.1, -0.05) is 0 Å². The molecular formula is C16H17ClF3N3. The smallest absolute Gasteiger partial charge is 0.194 e. The molecular weight excluding hydrogens is 327 g/mol. The number of aromatic nitrogens is 1. The van der Waals surface area contributed by atoms with Crippen LogP contribution in [0.4, 0.5) is 13.2 Å². The molecule has 1 fully saturated rings. The number of hydrogen-bond donors (Lipinski definition) is 1. The van der Waals surface area contributed by atoms with Gasteiger partial charge in [0.05, 0.1) is 0 Å². The Bertz CT molecular complexity index is 631. The summed E-state index contributed by atoms with van der Waals surface area (Å²) >= 11 is 0. The first-order valence-corrected chi connectivity index (χ1v) is 7.13. The first-order chi connectivity index (χ1) is 10.6. The molecule has 1 aliphatic rings. The molecule has 1 saturated heterocycles. The molecule has 7 heteroatoms. The maximum Gasteiger partial charge on any atom is 0.194 e. The minimum atomic E-state index is -1.42. The third kappa shape index (κ3) is 4.02. The zero-order valence-electron chi connectivity index (χ0n) is 12.3. The van der Waals surface area contributed by atoms with E-state index in [4.69, 9.17) is 0 Å². The minimum absolute atomic E-state index is 0. The predicted octanol–water partition coefficient (Wildman–Crippen LogP) is 3.07. The number of pyridine rings is 1. The number of nitrogens with zero attached hydrogens (tertiary/aromatic N) is 2. The fourth-order valence-corrected chi connectivity index (χ4v) is 2.78. The largest absolute Gasteiger partial charge is 0.314 e. The predicted molar refractivity (Wildman–Crippen MR) is 83.8 cm³/mol. The molecule has 0 amide bonds. The highest BCUT2D eigenvalue weighted by Crippen LogP contribution is 2.24. The lowest BCUT2D eigenvalue weighted by atomic mass is 10.0. The quantitative estimate of drug-likeness (QED) is 0.868. The first-order valence-electron chi connectivity index (χ1n) is 7.13. The number of piperazine rings is 1. The van der Waals surface area contributed by atoms with E-state index in [0.29, 0.717) is 12.1 Å². The zero-order chi connectivity index (χ0) is 15.5. The molecule has 0 saturated carbocycles. The van der Waals surface area contributed by atoms with Crippen molar-refractivity contribution in [3.63, 3.8) is 0 Å². The number of rotatable bonds is 3. The minimum Gasteiger partial charge on any atom is -0.314 e. The van der Waals surface area contributed by atoms with Gasteiger partial charge in [0, 0.05) is 44.6 Å². The summed E-state index contributed by atoms with van der Waals surface area (Å²) < 4.78 is 39.8. The van der Waals surface area contributed by atoms with E-state index in [9.17, 15) is 13.2 Å². The molecule has 3 nitrogen and oxygen atoms in total. The van der Waals surface area contributed by atoms with E-state index in [2.05, 4.69) is 15.2 Å². The van der Waals surface area contributed by atoms with Crippen LogP contribution in [0.2, 0.25) is 0 Å². The van der Waals surface area contributed by atoms with Crippen molar-refractivity contribution in [2.45, 2.75) is 12.6 Å². The van der Waals surface area contributed by atoms with E-state index >= 15 is 0 Å². The van der Waals surface area contributed by atoms with Crippen LogP contribution in [0.5, 0.6) is 0 Å². The van der Waals surface area contributed by atoms with Gasteiger partial charge in [0.1, 0.15) is 0 Å². The maximum absolute atomic E-state index is 13.4. The second kappa shape index (κ2) is 7.77. The first kappa shape index (κ1) is 17.7. The summed E-state index contributed by atoms with van der Waals surface area (Å²) in [5.74, 6) is -3.72. The lowest BCUT2D eigenvalue weighted by Crippen LogP contribution is -2.45. The molecule has 0 bridgehead atoms. The van der Waals surface area contributed by atoms with Gasteiger partial charge in [-0.15, -0.1) is 12.4 Å². The van der Waals surface area contributed by atoms with E-state index < -0.39 is 17.5 Å². The van der Waals surface area contributed by atoms with Crippen LogP contribution in [0.1, 0.15) is 17.2 Å². The summed E-state index contributed by atoms with van der Waals surface area (Å²) in [6, 6.07) is 6.06. The SMILES string of the molecule is Cl.Fc1cc(CN2CCNCC2c2ccncc2)cc(F)c1F. The maximum atomic E-state index is 13.4. The summed E-state index contributed by atoms with van der Waals surface area (Å²) in [5, 5.41) is 3.31. The molecule has 1 N–H and O–H groups in total. The average molecular weight is 344 g/mol. The highest BCUT2D eigenvalue weighted by Gasteiger charge is 2.24. The standard InChI is InChI=1S/C16H16F3N3.ClH/c17-13-7-11(8-14(18)16(13)19)10-22-6-5-21-9-15(22)12-1-3-20-4-2-12;/h1-4,7-8,15,21H,5-6,9-10H2;1H. The van der Waals surface area contributed by atoms with Gasteiger partial charge in [-0.2, -0.15) is 0 Å². The molecule has 1 aromatic carbocycles. The average Bonchev–Trinajstić information content (AvgIpc) is 2.54. The molecule has 23 heavy (non-hydrogen) atoms. The van der Waals surface area contributed by atoms with Crippen LogP contribution < -0.4 is 5.32 Å². The Morgan fingerprint density at radius 3 is 2.43 bits per heavy atom. The van der Waals surface area contributed by atoms with Crippen LogP contribution >= 0.6 is 12.4 Å². The van der Waals surface area contributed by atoms with Crippen LogP contribution in [0.3, 0.4) is 0 Å². The summed E-state index contributed by atoms with van der Waals surface area (Å²) in [4.78, 5) is 6.13. The molecule has 0 spiro atoms. The van der Waals surface area contributed by atoms with E-state index in [-0.39, 0.29) is 18.4 Å². The van der Waals surface area contributed by atoms with Crippen molar-refractivity contribution in [3.05, 3.63) is 65.2 Å². The van der Waals surface area contributed by atoms with Gasteiger partial charge >= 0.3 is 0 Å². The molecule has 1 atom stereocenters. The van der Waals surface area contributed by atoms with E-state index in [1.807, 2.05) is 12.1 Å². The third-order valence-electron chi connectivity index (χ3n) is 3.87. The Morgan fingerprint density at radius 2 is 1.78 bits per heavy atom. The van der Waals surface area contributed by atoms with Gasteiger partial charge in [0.15, 0.2) is 17.5 Å². The molecule has 3 rings (SSSR count). The second-order valence-electron chi connectivity index (χ2n) is 5.34. The van der Waals surface area contributed by atoms with Crippen molar-refractivity contribution in [2.75, 3.05) is 19.6 Å². The van der Waals surface area contributed by atoms with Gasteiger partial charge < -0.3 is 5.32 Å². The molecule has 1 aliphatic heterocycles. The zero-order valence-corrected chi connectivity index (χ0v) is 13.1. The van der Waals surface area contributed by atoms with Crippen LogP contribution in [-0.2, 0) is 6.54 Å². The van der Waals surface area contributed by atoms with E-state index in [1.165, 1.54) is 0 Å². The normalized spacial score (nSPS) is 18.5. The van der Waals surface area contributed by atoms with Crippen molar-refractivity contribution in [1.82, 2.24) is 15.2 Å². The van der Waals surface area contributed by atoms with Gasteiger partial charge in [-0.05, 0) is 35.4 Å². The Morgan fingerprint density at radius 1 is 1.13 bits per heavy atom. The van der Waals surface area contributed by atoms with Crippen molar-refractivity contribution < 1.29 is 13.2 Å². The number of halogens is 4. The van der Waals surface area contributed by atoms with Gasteiger partial charge in [0.2, 0.25) is 0 Å². The Hall–Kier alpha value is -1.63. The molecule has 0 radical (unpaired) electrons. The number of hydrogen-bond acceptors (Lipinski definition) is 3. The van der Waals surface area contributed by atoms with Crippen molar-refractivity contribution in [2.24, 2.45) is 0 Å². The monoisotopic (exact) mass is 343 g/mol. The van der Waals surface area contributed by atoms with E-state index in [1.54, 1.807) is 12.4 Å². The molecule has 0 aliphatic carbocycles. The Balaban J connectivity index is 0.00000192. The lowest BCUT2D eigenvalue weighted by molar-refractivity contribution is 0.153. The lowest BCUT2D eigenvalue weighted by Gasteiger charge is -2.36. The topological polar surface area (TPSA) is 28.2 Å². The van der Waals surface area contributed by atoms with Crippen molar-refractivity contribution >= 4 is 12.4 Å². The summed E-state index contributed by atoms with van der Waals surface area (Å²) in [6.07, 6.45) is 3.44. The van der Waals surface area contributed by atoms with Crippen molar-refractivity contribution in [3.8, 4) is 0 Å².